The number of rotatable bonds is 8. The highest BCUT2D eigenvalue weighted by atomic mass is 16.5. The molecule has 0 radical (unpaired) electrons. The van der Waals surface area contributed by atoms with E-state index in [0.717, 1.165) is 5.56 Å². The third kappa shape index (κ3) is 4.87. The Morgan fingerprint density at radius 1 is 1.04 bits per heavy atom. The Bertz CT molecular complexity index is 677. The van der Waals surface area contributed by atoms with Gasteiger partial charge in [-0.25, -0.2) is 0 Å². The average molecular weight is 345 g/mol. The van der Waals surface area contributed by atoms with Gasteiger partial charge in [-0.1, -0.05) is 30.3 Å². The molecule has 2 aromatic rings. The summed E-state index contributed by atoms with van der Waals surface area (Å²) in [6.45, 7) is 0.143. The maximum atomic E-state index is 12.4. The van der Waals surface area contributed by atoms with E-state index in [9.17, 15) is 9.90 Å². The van der Waals surface area contributed by atoms with Crippen molar-refractivity contribution in [1.29, 1.82) is 0 Å². The Balaban J connectivity index is 2.03. The Kier molecular flexibility index (Phi) is 6.65. The molecule has 0 fully saturated rings. The van der Waals surface area contributed by atoms with Crippen molar-refractivity contribution in [2.75, 3.05) is 27.9 Å². The third-order valence-corrected chi connectivity index (χ3v) is 3.74. The summed E-state index contributed by atoms with van der Waals surface area (Å²) in [5, 5.41) is 12.8. The monoisotopic (exact) mass is 345 g/mol. The maximum absolute atomic E-state index is 12.4. The molecule has 0 bridgehead atoms. The van der Waals surface area contributed by atoms with Crippen molar-refractivity contribution in [2.45, 2.75) is 12.5 Å². The Morgan fingerprint density at radius 3 is 2.16 bits per heavy atom. The quantitative estimate of drug-likeness (QED) is 0.766. The first kappa shape index (κ1) is 18.6. The van der Waals surface area contributed by atoms with E-state index in [1.54, 1.807) is 12.1 Å². The first-order valence-electron chi connectivity index (χ1n) is 7.89. The van der Waals surface area contributed by atoms with Gasteiger partial charge in [-0.15, -0.1) is 0 Å². The summed E-state index contributed by atoms with van der Waals surface area (Å²) in [5.41, 5.74) is 1.37. The van der Waals surface area contributed by atoms with E-state index >= 15 is 0 Å². The van der Waals surface area contributed by atoms with Crippen LogP contribution in [-0.4, -0.2) is 45.0 Å². The molecule has 2 rings (SSSR count). The van der Waals surface area contributed by atoms with Crippen LogP contribution in [0.1, 0.15) is 15.9 Å². The smallest absolute Gasteiger partial charge is 0.251 e. The number of ether oxygens (including phenoxy) is 3. The summed E-state index contributed by atoms with van der Waals surface area (Å²) in [6.07, 6.45) is -0.204. The molecule has 0 heterocycles. The lowest BCUT2D eigenvalue weighted by atomic mass is 10.1. The summed E-state index contributed by atoms with van der Waals surface area (Å²) >= 11 is 0. The Hall–Kier alpha value is -2.73. The minimum Gasteiger partial charge on any atom is -0.493 e. The number of hydrogen-bond acceptors (Lipinski definition) is 5. The number of hydrogen-bond donors (Lipinski definition) is 2. The second-order valence-electron chi connectivity index (χ2n) is 5.47. The van der Waals surface area contributed by atoms with Gasteiger partial charge in [0.2, 0.25) is 5.75 Å². The molecule has 0 spiro atoms. The highest BCUT2D eigenvalue weighted by Gasteiger charge is 2.17. The van der Waals surface area contributed by atoms with E-state index < -0.39 is 6.10 Å². The number of nitrogens with one attached hydrogen (secondary N) is 1. The van der Waals surface area contributed by atoms with Gasteiger partial charge < -0.3 is 24.6 Å². The van der Waals surface area contributed by atoms with Gasteiger partial charge in [0, 0.05) is 18.5 Å². The number of amides is 1. The molecule has 0 saturated heterocycles. The average Bonchev–Trinajstić information content (AvgIpc) is 2.65. The largest absolute Gasteiger partial charge is 0.493 e. The molecule has 6 heteroatoms. The fourth-order valence-electron chi connectivity index (χ4n) is 2.48. The number of aliphatic hydroxyl groups excluding tert-OH is 1. The number of methoxy groups -OCH3 is 3. The van der Waals surface area contributed by atoms with Gasteiger partial charge in [0.25, 0.3) is 5.91 Å². The molecule has 2 aromatic carbocycles. The van der Waals surface area contributed by atoms with Crippen LogP contribution in [0.25, 0.3) is 0 Å². The lowest BCUT2D eigenvalue weighted by molar-refractivity contribution is 0.0915. The third-order valence-electron chi connectivity index (χ3n) is 3.74. The van der Waals surface area contributed by atoms with Crippen LogP contribution < -0.4 is 19.5 Å². The molecular formula is C19H23NO5. The lowest BCUT2D eigenvalue weighted by Crippen LogP contribution is -2.33. The second kappa shape index (κ2) is 8.94. The van der Waals surface area contributed by atoms with Crippen molar-refractivity contribution < 1.29 is 24.1 Å². The fourth-order valence-corrected chi connectivity index (χ4v) is 2.48. The molecule has 2 N–H and O–H groups in total. The number of benzene rings is 2. The molecule has 0 aliphatic heterocycles. The van der Waals surface area contributed by atoms with Gasteiger partial charge in [-0.3, -0.25) is 4.79 Å². The summed E-state index contributed by atoms with van der Waals surface area (Å²) in [7, 11) is 4.48. The number of aliphatic hydroxyl groups is 1. The van der Waals surface area contributed by atoms with Crippen molar-refractivity contribution >= 4 is 5.91 Å². The minimum absolute atomic E-state index is 0.143. The number of carbonyl (C=O) groups excluding carboxylic acids is 1. The standard InChI is InChI=1S/C19H23NO5/c1-23-16-10-14(11-17(24-2)18(16)25-3)19(22)20-12-15(21)9-13-7-5-4-6-8-13/h4-8,10-11,15,21H,9,12H2,1-3H3,(H,20,22). The summed E-state index contributed by atoms with van der Waals surface area (Å²) in [5.74, 6) is 0.894. The molecule has 0 saturated carbocycles. The summed E-state index contributed by atoms with van der Waals surface area (Å²) in [6, 6.07) is 12.8. The Morgan fingerprint density at radius 2 is 1.64 bits per heavy atom. The highest BCUT2D eigenvalue weighted by molar-refractivity contribution is 5.95. The topological polar surface area (TPSA) is 77.0 Å². The second-order valence-corrected chi connectivity index (χ2v) is 5.47. The number of carbonyl (C=O) groups is 1. The SMILES string of the molecule is COc1cc(C(=O)NCC(O)Cc2ccccc2)cc(OC)c1OC. The zero-order chi connectivity index (χ0) is 18.2. The fraction of sp³-hybridized carbons (Fsp3) is 0.316. The van der Waals surface area contributed by atoms with Crippen molar-refractivity contribution in [3.8, 4) is 17.2 Å². The van der Waals surface area contributed by atoms with Crippen molar-refractivity contribution in [2.24, 2.45) is 0 Å². The van der Waals surface area contributed by atoms with Gasteiger partial charge in [0.15, 0.2) is 11.5 Å². The van der Waals surface area contributed by atoms with Crippen LogP contribution in [0.2, 0.25) is 0 Å². The van der Waals surface area contributed by atoms with Crippen LogP contribution >= 0.6 is 0 Å². The van der Waals surface area contributed by atoms with Gasteiger partial charge in [0.1, 0.15) is 0 Å². The van der Waals surface area contributed by atoms with Crippen molar-refractivity contribution in [1.82, 2.24) is 5.32 Å². The molecule has 0 aromatic heterocycles. The van der Waals surface area contributed by atoms with Gasteiger partial charge >= 0.3 is 0 Å². The Labute approximate surface area is 147 Å². The highest BCUT2D eigenvalue weighted by Crippen LogP contribution is 2.38. The van der Waals surface area contributed by atoms with Crippen LogP contribution in [0.3, 0.4) is 0 Å². The van der Waals surface area contributed by atoms with Crippen LogP contribution in [0.15, 0.2) is 42.5 Å². The van der Waals surface area contributed by atoms with Crippen LogP contribution in [0, 0.1) is 0 Å². The van der Waals surface area contributed by atoms with Crippen molar-refractivity contribution in [3.63, 3.8) is 0 Å². The molecule has 1 amide bonds. The van der Waals surface area contributed by atoms with Crippen LogP contribution in [0.5, 0.6) is 17.2 Å². The van der Waals surface area contributed by atoms with E-state index in [4.69, 9.17) is 14.2 Å². The first-order valence-corrected chi connectivity index (χ1v) is 7.89. The molecule has 6 nitrogen and oxygen atoms in total. The predicted octanol–water partition coefficient (Wildman–Crippen LogP) is 2.05. The molecule has 1 unspecified atom stereocenters. The van der Waals surface area contributed by atoms with E-state index in [1.165, 1.54) is 21.3 Å². The maximum Gasteiger partial charge on any atom is 0.251 e. The predicted molar refractivity (Wildman–Crippen MR) is 94.6 cm³/mol. The minimum atomic E-state index is -0.673. The van der Waals surface area contributed by atoms with Gasteiger partial charge in [-0.05, 0) is 17.7 Å². The lowest BCUT2D eigenvalue weighted by Gasteiger charge is -2.15. The van der Waals surface area contributed by atoms with Crippen LogP contribution in [-0.2, 0) is 6.42 Å². The van der Waals surface area contributed by atoms with E-state index in [0.29, 0.717) is 29.2 Å². The normalized spacial score (nSPS) is 11.5. The molecule has 134 valence electrons. The first-order chi connectivity index (χ1) is 12.1. The van der Waals surface area contributed by atoms with E-state index in [2.05, 4.69) is 5.32 Å². The van der Waals surface area contributed by atoms with E-state index in [-0.39, 0.29) is 12.5 Å². The zero-order valence-corrected chi connectivity index (χ0v) is 14.6. The molecule has 0 aliphatic rings. The van der Waals surface area contributed by atoms with Gasteiger partial charge in [-0.2, -0.15) is 0 Å². The van der Waals surface area contributed by atoms with Crippen LogP contribution in [0.4, 0.5) is 0 Å². The molecule has 1 atom stereocenters. The molecule has 0 aliphatic carbocycles. The molecule has 25 heavy (non-hydrogen) atoms. The summed E-state index contributed by atoms with van der Waals surface area (Å²) < 4.78 is 15.7. The molecular weight excluding hydrogens is 322 g/mol. The van der Waals surface area contributed by atoms with Crippen molar-refractivity contribution in [3.05, 3.63) is 53.6 Å². The van der Waals surface area contributed by atoms with Gasteiger partial charge in [0.05, 0.1) is 27.4 Å². The zero-order valence-electron chi connectivity index (χ0n) is 14.6. The van der Waals surface area contributed by atoms with E-state index in [1.807, 2.05) is 30.3 Å². The summed E-state index contributed by atoms with van der Waals surface area (Å²) in [4.78, 5) is 12.4.